The fourth-order valence-electron chi connectivity index (χ4n) is 2.23. The molecular weight excluding hydrogens is 252 g/mol. The van der Waals surface area contributed by atoms with Crippen LogP contribution in [0.25, 0.3) is 0 Å². The molecule has 0 aromatic carbocycles. The fraction of sp³-hybridized carbons (Fsp3) is 0.938. The highest BCUT2D eigenvalue weighted by molar-refractivity contribution is 5.75. The van der Waals surface area contributed by atoms with Gasteiger partial charge < -0.3 is 15.0 Å². The van der Waals surface area contributed by atoms with E-state index in [0.717, 1.165) is 38.9 Å². The van der Waals surface area contributed by atoms with Gasteiger partial charge in [0.1, 0.15) is 6.04 Å². The van der Waals surface area contributed by atoms with E-state index in [1.165, 1.54) is 20.0 Å². The van der Waals surface area contributed by atoms with Gasteiger partial charge >= 0.3 is 5.97 Å². The number of hydrogen-bond acceptors (Lipinski definition) is 4. The van der Waals surface area contributed by atoms with Crippen LogP contribution in [0.4, 0.5) is 0 Å². The first-order valence-electron chi connectivity index (χ1n) is 8.15. The molecule has 0 aromatic heterocycles. The van der Waals surface area contributed by atoms with E-state index in [2.05, 4.69) is 37.9 Å². The van der Waals surface area contributed by atoms with Crippen LogP contribution >= 0.6 is 0 Å². The SMILES string of the molecule is CCCCN(CCC(NCCC)C(=O)OC)C(C)CC. The number of carbonyl (C=O) groups is 1. The predicted octanol–water partition coefficient (Wildman–Crippen LogP) is 2.82. The average molecular weight is 286 g/mol. The smallest absolute Gasteiger partial charge is 0.322 e. The number of methoxy groups -OCH3 is 1. The molecule has 0 aromatic rings. The van der Waals surface area contributed by atoms with Crippen LogP contribution in [-0.4, -0.2) is 49.7 Å². The van der Waals surface area contributed by atoms with Crippen molar-refractivity contribution in [1.82, 2.24) is 10.2 Å². The van der Waals surface area contributed by atoms with E-state index in [-0.39, 0.29) is 12.0 Å². The van der Waals surface area contributed by atoms with Gasteiger partial charge in [-0.05, 0) is 45.7 Å². The van der Waals surface area contributed by atoms with Crippen LogP contribution in [0.2, 0.25) is 0 Å². The molecule has 20 heavy (non-hydrogen) atoms. The van der Waals surface area contributed by atoms with E-state index in [1.807, 2.05) is 0 Å². The highest BCUT2D eigenvalue weighted by atomic mass is 16.5. The van der Waals surface area contributed by atoms with Gasteiger partial charge in [-0.3, -0.25) is 4.79 Å². The molecule has 0 amide bonds. The molecular formula is C16H34N2O2. The van der Waals surface area contributed by atoms with Crippen molar-refractivity contribution >= 4 is 5.97 Å². The Kier molecular flexibility index (Phi) is 11.8. The molecule has 0 rings (SSSR count). The number of esters is 1. The van der Waals surface area contributed by atoms with Crippen LogP contribution in [0.5, 0.6) is 0 Å². The number of ether oxygens (including phenoxy) is 1. The number of nitrogens with one attached hydrogen (secondary N) is 1. The zero-order valence-electron chi connectivity index (χ0n) is 14.1. The van der Waals surface area contributed by atoms with Crippen LogP contribution < -0.4 is 5.32 Å². The molecule has 0 spiro atoms. The largest absolute Gasteiger partial charge is 0.468 e. The second-order valence-electron chi connectivity index (χ2n) is 5.47. The van der Waals surface area contributed by atoms with Crippen LogP contribution in [0.1, 0.15) is 59.8 Å². The van der Waals surface area contributed by atoms with E-state index in [0.29, 0.717) is 6.04 Å². The Morgan fingerprint density at radius 1 is 1.20 bits per heavy atom. The minimum atomic E-state index is -0.173. The Labute approximate surface area is 125 Å². The van der Waals surface area contributed by atoms with E-state index < -0.39 is 0 Å². The molecule has 0 saturated carbocycles. The summed E-state index contributed by atoms with van der Waals surface area (Å²) in [5.74, 6) is -0.141. The van der Waals surface area contributed by atoms with Crippen molar-refractivity contribution in [1.29, 1.82) is 0 Å². The molecule has 0 heterocycles. The minimum absolute atomic E-state index is 0.141. The molecule has 2 atom stereocenters. The molecule has 4 heteroatoms. The molecule has 0 aliphatic carbocycles. The summed E-state index contributed by atoms with van der Waals surface area (Å²) < 4.78 is 4.89. The van der Waals surface area contributed by atoms with Gasteiger partial charge in [0, 0.05) is 12.6 Å². The van der Waals surface area contributed by atoms with Crippen LogP contribution in [0, 0.1) is 0 Å². The summed E-state index contributed by atoms with van der Waals surface area (Å²) in [6, 6.07) is 0.402. The van der Waals surface area contributed by atoms with E-state index in [1.54, 1.807) is 0 Å². The maximum Gasteiger partial charge on any atom is 0.322 e. The van der Waals surface area contributed by atoms with Gasteiger partial charge in [0.2, 0.25) is 0 Å². The van der Waals surface area contributed by atoms with E-state index in [9.17, 15) is 4.79 Å². The maximum atomic E-state index is 11.8. The standard InChI is InChI=1S/C16H34N2O2/c1-6-9-12-18(14(4)8-3)13-10-15(16(19)20-5)17-11-7-2/h14-15,17H,6-13H2,1-5H3. The summed E-state index contributed by atoms with van der Waals surface area (Å²) in [6.45, 7) is 11.7. The molecule has 0 radical (unpaired) electrons. The first kappa shape index (κ1) is 19.4. The molecule has 0 aliphatic heterocycles. The van der Waals surface area contributed by atoms with E-state index >= 15 is 0 Å². The second-order valence-corrected chi connectivity index (χ2v) is 5.47. The van der Waals surface area contributed by atoms with Gasteiger partial charge in [0.05, 0.1) is 7.11 Å². The lowest BCUT2D eigenvalue weighted by Crippen LogP contribution is -2.43. The second kappa shape index (κ2) is 12.2. The summed E-state index contributed by atoms with van der Waals surface area (Å²) in [5.41, 5.74) is 0. The van der Waals surface area contributed by atoms with Crippen LogP contribution in [0.15, 0.2) is 0 Å². The number of unbranched alkanes of at least 4 members (excludes halogenated alkanes) is 1. The van der Waals surface area contributed by atoms with E-state index in [4.69, 9.17) is 4.74 Å². The number of hydrogen-bond donors (Lipinski definition) is 1. The van der Waals surface area contributed by atoms with Crippen molar-refractivity contribution in [3.05, 3.63) is 0 Å². The highest BCUT2D eigenvalue weighted by Gasteiger charge is 2.20. The lowest BCUT2D eigenvalue weighted by molar-refractivity contribution is -0.143. The first-order chi connectivity index (χ1) is 9.60. The van der Waals surface area contributed by atoms with Gasteiger partial charge in [-0.1, -0.05) is 27.2 Å². The van der Waals surface area contributed by atoms with Crippen molar-refractivity contribution in [2.24, 2.45) is 0 Å². The number of nitrogens with zero attached hydrogens (tertiary/aromatic N) is 1. The first-order valence-corrected chi connectivity index (χ1v) is 8.15. The Hall–Kier alpha value is -0.610. The monoisotopic (exact) mass is 286 g/mol. The zero-order valence-corrected chi connectivity index (χ0v) is 14.1. The molecule has 120 valence electrons. The molecule has 1 N–H and O–H groups in total. The Morgan fingerprint density at radius 2 is 1.90 bits per heavy atom. The summed E-state index contributed by atoms with van der Waals surface area (Å²) in [7, 11) is 1.46. The quantitative estimate of drug-likeness (QED) is 0.560. The third-order valence-electron chi connectivity index (χ3n) is 3.84. The molecule has 0 fully saturated rings. The Balaban J connectivity index is 4.39. The average Bonchev–Trinajstić information content (AvgIpc) is 2.48. The number of carbonyl (C=O) groups excluding carboxylic acids is 1. The normalized spacial score (nSPS) is 14.3. The van der Waals surface area contributed by atoms with Gasteiger partial charge in [-0.15, -0.1) is 0 Å². The van der Waals surface area contributed by atoms with Crippen molar-refractivity contribution < 1.29 is 9.53 Å². The maximum absolute atomic E-state index is 11.8. The lowest BCUT2D eigenvalue weighted by Gasteiger charge is -2.29. The zero-order chi connectivity index (χ0) is 15.4. The fourth-order valence-corrected chi connectivity index (χ4v) is 2.23. The van der Waals surface area contributed by atoms with Gasteiger partial charge in [0.25, 0.3) is 0 Å². The van der Waals surface area contributed by atoms with Gasteiger partial charge in [0.15, 0.2) is 0 Å². The Bertz CT molecular complexity index is 247. The molecule has 0 saturated heterocycles. The molecule has 0 bridgehead atoms. The van der Waals surface area contributed by atoms with Gasteiger partial charge in [-0.25, -0.2) is 0 Å². The van der Waals surface area contributed by atoms with Crippen molar-refractivity contribution in [3.63, 3.8) is 0 Å². The predicted molar refractivity (Wildman–Crippen MR) is 84.9 cm³/mol. The van der Waals surface area contributed by atoms with Crippen LogP contribution in [0.3, 0.4) is 0 Å². The topological polar surface area (TPSA) is 41.6 Å². The molecule has 4 nitrogen and oxygen atoms in total. The number of rotatable bonds is 12. The molecule has 0 aliphatic rings. The van der Waals surface area contributed by atoms with Crippen molar-refractivity contribution in [2.75, 3.05) is 26.7 Å². The van der Waals surface area contributed by atoms with Crippen LogP contribution in [-0.2, 0) is 9.53 Å². The Morgan fingerprint density at radius 3 is 2.40 bits per heavy atom. The third kappa shape index (κ3) is 7.85. The summed E-state index contributed by atoms with van der Waals surface area (Å²) in [5, 5.41) is 3.29. The summed E-state index contributed by atoms with van der Waals surface area (Å²) in [6.07, 6.45) is 5.42. The summed E-state index contributed by atoms with van der Waals surface area (Å²) in [4.78, 5) is 14.3. The lowest BCUT2D eigenvalue weighted by atomic mass is 10.1. The highest BCUT2D eigenvalue weighted by Crippen LogP contribution is 2.08. The van der Waals surface area contributed by atoms with Crippen molar-refractivity contribution in [2.45, 2.75) is 71.9 Å². The van der Waals surface area contributed by atoms with Crippen molar-refractivity contribution in [3.8, 4) is 0 Å². The minimum Gasteiger partial charge on any atom is -0.468 e. The molecule has 2 unspecified atom stereocenters. The summed E-state index contributed by atoms with van der Waals surface area (Å²) >= 11 is 0. The van der Waals surface area contributed by atoms with Gasteiger partial charge in [-0.2, -0.15) is 0 Å². The third-order valence-corrected chi connectivity index (χ3v) is 3.84.